The van der Waals surface area contributed by atoms with Gasteiger partial charge in [0.15, 0.2) is 0 Å². The Morgan fingerprint density at radius 3 is 2.27 bits per heavy atom. The Hall–Kier alpha value is -1.04. The second-order valence-electron chi connectivity index (χ2n) is 8.87. The molecule has 1 saturated carbocycles. The van der Waals surface area contributed by atoms with Crippen LogP contribution >= 0.6 is 0 Å². The zero-order valence-corrected chi connectivity index (χ0v) is 16.3. The van der Waals surface area contributed by atoms with E-state index in [0.717, 1.165) is 25.0 Å². The van der Waals surface area contributed by atoms with Crippen LogP contribution < -0.4 is 0 Å². The van der Waals surface area contributed by atoms with Crippen LogP contribution in [-0.4, -0.2) is 14.7 Å². The summed E-state index contributed by atoms with van der Waals surface area (Å²) in [7, 11) is -1.32. The fourth-order valence-corrected chi connectivity index (χ4v) is 2.84. The highest BCUT2D eigenvalue weighted by Gasteiger charge is 2.46. The van der Waals surface area contributed by atoms with Gasteiger partial charge in [-0.1, -0.05) is 58.5 Å². The van der Waals surface area contributed by atoms with Gasteiger partial charge in [-0.05, 0) is 42.4 Å². The van der Waals surface area contributed by atoms with Crippen molar-refractivity contribution in [3.8, 4) is 11.5 Å². The zero-order valence-electron chi connectivity index (χ0n) is 15.3. The number of rotatable bonds is 3. The Balaban J connectivity index is 2.17. The normalized spacial score (nSPS) is 16.9. The summed E-state index contributed by atoms with van der Waals surface area (Å²) in [6.45, 7) is 16.5. The van der Waals surface area contributed by atoms with E-state index in [9.17, 15) is 0 Å². The largest absolute Gasteiger partial charge is 0.370 e. The number of benzene rings is 1. The standard InChI is InChI=1S/C20H30OSi/c1-16-14-18(9-8-17(16)10-13-22(5,6)7)20(11-12-20)21-15-19(2,3)4/h8-9,14H,11-12,15H2,1-7H3. The van der Waals surface area contributed by atoms with Crippen LogP contribution in [0.15, 0.2) is 18.2 Å². The third-order valence-corrected chi connectivity index (χ3v) is 4.69. The maximum Gasteiger partial charge on any atom is 0.129 e. The summed E-state index contributed by atoms with van der Waals surface area (Å²) >= 11 is 0. The summed E-state index contributed by atoms with van der Waals surface area (Å²) in [5.74, 6) is 3.38. The molecule has 120 valence electrons. The molecule has 1 nitrogen and oxygen atoms in total. The van der Waals surface area contributed by atoms with Crippen LogP contribution in [0.2, 0.25) is 19.6 Å². The van der Waals surface area contributed by atoms with E-state index < -0.39 is 8.07 Å². The van der Waals surface area contributed by atoms with E-state index in [1.54, 1.807) is 0 Å². The summed E-state index contributed by atoms with van der Waals surface area (Å²) in [4.78, 5) is 0. The quantitative estimate of drug-likeness (QED) is 0.545. The molecule has 22 heavy (non-hydrogen) atoms. The van der Waals surface area contributed by atoms with Gasteiger partial charge in [0, 0.05) is 5.56 Å². The fraction of sp³-hybridized carbons (Fsp3) is 0.600. The lowest BCUT2D eigenvalue weighted by atomic mass is 9.97. The molecule has 0 atom stereocenters. The highest BCUT2D eigenvalue weighted by atomic mass is 28.3. The minimum Gasteiger partial charge on any atom is -0.370 e. The smallest absolute Gasteiger partial charge is 0.129 e. The summed E-state index contributed by atoms with van der Waals surface area (Å²) in [5, 5.41) is 0. The van der Waals surface area contributed by atoms with E-state index in [0.29, 0.717) is 0 Å². The molecule has 0 aromatic heterocycles. The molecule has 0 saturated heterocycles. The second-order valence-corrected chi connectivity index (χ2v) is 13.6. The average molecular weight is 315 g/mol. The van der Waals surface area contributed by atoms with E-state index in [2.05, 4.69) is 77.0 Å². The van der Waals surface area contributed by atoms with Gasteiger partial charge in [0.05, 0.1) is 12.2 Å². The fourth-order valence-electron chi connectivity index (χ4n) is 2.33. The van der Waals surface area contributed by atoms with Crippen molar-refractivity contribution >= 4 is 8.07 Å². The number of hydrogen-bond donors (Lipinski definition) is 0. The average Bonchev–Trinajstić information content (AvgIpc) is 3.14. The van der Waals surface area contributed by atoms with Gasteiger partial charge in [-0.25, -0.2) is 0 Å². The third kappa shape index (κ3) is 4.73. The van der Waals surface area contributed by atoms with Gasteiger partial charge in [-0.15, -0.1) is 5.54 Å². The van der Waals surface area contributed by atoms with Crippen LogP contribution in [0.3, 0.4) is 0 Å². The molecule has 1 fully saturated rings. The van der Waals surface area contributed by atoms with Gasteiger partial charge < -0.3 is 4.74 Å². The molecule has 0 bridgehead atoms. The van der Waals surface area contributed by atoms with E-state index in [-0.39, 0.29) is 11.0 Å². The Morgan fingerprint density at radius 1 is 1.18 bits per heavy atom. The highest BCUT2D eigenvalue weighted by Crippen LogP contribution is 2.50. The molecular weight excluding hydrogens is 284 g/mol. The zero-order chi connectivity index (χ0) is 16.6. The van der Waals surface area contributed by atoms with Crippen molar-refractivity contribution in [2.24, 2.45) is 5.41 Å². The SMILES string of the molecule is Cc1cc(C2(OCC(C)(C)C)CC2)ccc1C#C[Si](C)(C)C. The van der Waals surface area contributed by atoms with Crippen molar-refractivity contribution in [3.63, 3.8) is 0 Å². The van der Waals surface area contributed by atoms with Crippen LogP contribution in [0.4, 0.5) is 0 Å². The number of aryl methyl sites for hydroxylation is 1. The van der Waals surface area contributed by atoms with E-state index >= 15 is 0 Å². The van der Waals surface area contributed by atoms with Gasteiger partial charge in [-0.2, -0.15) is 0 Å². The molecule has 0 amide bonds. The first kappa shape index (κ1) is 17.3. The summed E-state index contributed by atoms with van der Waals surface area (Å²) in [6, 6.07) is 6.68. The Labute approximate surface area is 137 Å². The van der Waals surface area contributed by atoms with E-state index in [4.69, 9.17) is 4.74 Å². The van der Waals surface area contributed by atoms with Crippen molar-refractivity contribution in [2.75, 3.05) is 6.61 Å². The van der Waals surface area contributed by atoms with Crippen molar-refractivity contribution < 1.29 is 4.74 Å². The molecule has 0 heterocycles. The topological polar surface area (TPSA) is 9.23 Å². The highest BCUT2D eigenvalue weighted by molar-refractivity contribution is 6.83. The van der Waals surface area contributed by atoms with Gasteiger partial charge >= 0.3 is 0 Å². The monoisotopic (exact) mass is 314 g/mol. The molecule has 0 spiro atoms. The maximum atomic E-state index is 6.27. The van der Waals surface area contributed by atoms with Crippen LogP contribution in [0.5, 0.6) is 0 Å². The molecule has 1 aromatic carbocycles. The predicted molar refractivity (Wildman–Crippen MR) is 97.7 cm³/mol. The second kappa shape index (κ2) is 5.87. The molecule has 0 unspecified atom stereocenters. The Morgan fingerprint density at radius 2 is 1.82 bits per heavy atom. The molecular formula is C20H30OSi. The first-order valence-corrected chi connectivity index (χ1v) is 11.8. The van der Waals surface area contributed by atoms with Crippen LogP contribution in [0.25, 0.3) is 0 Å². The summed E-state index contributed by atoms with van der Waals surface area (Å²) in [5.41, 5.74) is 7.41. The predicted octanol–water partition coefficient (Wildman–Crippen LogP) is 5.28. The van der Waals surface area contributed by atoms with Crippen molar-refractivity contribution in [3.05, 3.63) is 34.9 Å². The molecule has 2 rings (SSSR count). The van der Waals surface area contributed by atoms with Gasteiger partial charge in [0.25, 0.3) is 0 Å². The van der Waals surface area contributed by atoms with Crippen LogP contribution in [0, 0.1) is 23.8 Å². The van der Waals surface area contributed by atoms with Crippen molar-refractivity contribution in [1.82, 2.24) is 0 Å². The van der Waals surface area contributed by atoms with Crippen molar-refractivity contribution in [2.45, 2.75) is 65.8 Å². The summed E-state index contributed by atoms with van der Waals surface area (Å²) in [6.07, 6.45) is 2.28. The van der Waals surface area contributed by atoms with Gasteiger partial charge in [-0.3, -0.25) is 0 Å². The molecule has 0 N–H and O–H groups in total. The molecule has 2 heteroatoms. The lowest BCUT2D eigenvalue weighted by Crippen LogP contribution is -2.21. The van der Waals surface area contributed by atoms with Crippen LogP contribution in [0.1, 0.15) is 50.3 Å². The minimum atomic E-state index is -1.32. The molecule has 1 aromatic rings. The molecule has 1 aliphatic rings. The van der Waals surface area contributed by atoms with Crippen LogP contribution in [-0.2, 0) is 10.3 Å². The first-order valence-electron chi connectivity index (χ1n) is 8.29. The first-order chi connectivity index (χ1) is 10.0. The van der Waals surface area contributed by atoms with Gasteiger partial charge in [0.1, 0.15) is 8.07 Å². The number of hydrogen-bond acceptors (Lipinski definition) is 1. The molecule has 1 aliphatic carbocycles. The molecule has 0 radical (unpaired) electrons. The van der Waals surface area contributed by atoms with Gasteiger partial charge in [0.2, 0.25) is 0 Å². The Kier molecular flexibility index (Phi) is 4.62. The Bertz CT molecular complexity index is 601. The minimum absolute atomic E-state index is 0.0250. The number of ether oxygens (including phenoxy) is 1. The third-order valence-electron chi connectivity index (χ3n) is 3.81. The molecule has 0 aliphatic heterocycles. The van der Waals surface area contributed by atoms with Crippen molar-refractivity contribution in [1.29, 1.82) is 0 Å². The lowest BCUT2D eigenvalue weighted by Gasteiger charge is -2.24. The van der Waals surface area contributed by atoms with E-state index in [1.165, 1.54) is 11.1 Å². The summed E-state index contributed by atoms with van der Waals surface area (Å²) < 4.78 is 6.27. The lowest BCUT2D eigenvalue weighted by molar-refractivity contribution is -0.0117. The van der Waals surface area contributed by atoms with E-state index in [1.807, 2.05) is 0 Å². The maximum absolute atomic E-state index is 6.27.